The van der Waals surface area contributed by atoms with Crippen molar-refractivity contribution in [2.45, 2.75) is 4.90 Å². The van der Waals surface area contributed by atoms with Crippen molar-refractivity contribution in [2.75, 3.05) is 6.26 Å². The molecule has 2 rings (SSSR count). The Labute approximate surface area is 135 Å². The van der Waals surface area contributed by atoms with E-state index in [-0.39, 0.29) is 5.84 Å². The van der Waals surface area contributed by atoms with Crippen LogP contribution in [0.25, 0.3) is 0 Å². The largest absolute Gasteiger partial charge is 0.455 e. The number of nitrogens with one attached hydrogen (secondary N) is 1. The van der Waals surface area contributed by atoms with Crippen LogP contribution in [0.3, 0.4) is 0 Å². The predicted octanol–water partition coefficient (Wildman–Crippen LogP) is 4.90. The first-order chi connectivity index (χ1) is 9.52. The van der Waals surface area contributed by atoms with Crippen LogP contribution in [0.1, 0.15) is 5.56 Å². The number of nitrogen functional groups attached to an aromatic ring is 1. The van der Waals surface area contributed by atoms with Crippen LogP contribution >= 0.6 is 39.3 Å². The monoisotopic (exact) mass is 370 g/mol. The third-order valence-corrected chi connectivity index (χ3v) is 4.16. The normalized spacial score (nSPS) is 10.3. The van der Waals surface area contributed by atoms with E-state index in [0.717, 1.165) is 9.37 Å². The summed E-state index contributed by atoms with van der Waals surface area (Å²) >= 11 is 11.0. The van der Waals surface area contributed by atoms with Gasteiger partial charge in [0.05, 0.1) is 10.6 Å². The van der Waals surface area contributed by atoms with Gasteiger partial charge in [0.2, 0.25) is 0 Å². The molecule has 0 radical (unpaired) electrons. The standard InChI is InChI=1S/C14H12BrClN2OS/c1-20-12-4-2-3-11(13(12)14(17)18)19-10-6-5-8(15)7-9(10)16/h2-7H,1H3,(H3,17,18). The lowest BCUT2D eigenvalue weighted by Gasteiger charge is -2.14. The first-order valence-electron chi connectivity index (χ1n) is 5.67. The number of hydrogen-bond donors (Lipinski definition) is 2. The van der Waals surface area contributed by atoms with Crippen LogP contribution in [-0.4, -0.2) is 12.1 Å². The van der Waals surface area contributed by atoms with Gasteiger partial charge in [-0.05, 0) is 36.6 Å². The van der Waals surface area contributed by atoms with Gasteiger partial charge in [-0.15, -0.1) is 11.8 Å². The van der Waals surface area contributed by atoms with E-state index in [1.54, 1.807) is 18.2 Å². The SMILES string of the molecule is CSc1cccc(Oc2ccc(Br)cc2Cl)c1C(=N)N. The number of halogens is 2. The zero-order valence-electron chi connectivity index (χ0n) is 10.6. The number of benzene rings is 2. The maximum atomic E-state index is 7.72. The summed E-state index contributed by atoms with van der Waals surface area (Å²) in [5, 5.41) is 8.21. The molecule has 0 aliphatic rings. The van der Waals surface area contributed by atoms with Gasteiger partial charge in [-0.1, -0.05) is 33.6 Å². The van der Waals surface area contributed by atoms with Crippen molar-refractivity contribution >= 4 is 45.1 Å². The molecule has 2 aromatic carbocycles. The number of amidine groups is 1. The van der Waals surface area contributed by atoms with Gasteiger partial charge < -0.3 is 10.5 Å². The Bertz CT molecular complexity index is 664. The number of ether oxygens (including phenoxy) is 1. The second-order valence-corrected chi connectivity index (χ2v) is 6.09. The molecule has 3 nitrogen and oxygen atoms in total. The van der Waals surface area contributed by atoms with Crippen molar-refractivity contribution in [3.8, 4) is 11.5 Å². The van der Waals surface area contributed by atoms with Crippen LogP contribution in [0, 0.1) is 5.41 Å². The minimum atomic E-state index is -0.0295. The van der Waals surface area contributed by atoms with Crippen molar-refractivity contribution in [1.82, 2.24) is 0 Å². The lowest BCUT2D eigenvalue weighted by molar-refractivity contribution is 0.480. The molecule has 0 atom stereocenters. The summed E-state index contributed by atoms with van der Waals surface area (Å²) in [6.45, 7) is 0. The van der Waals surface area contributed by atoms with E-state index in [4.69, 9.17) is 27.5 Å². The van der Waals surface area contributed by atoms with Gasteiger partial charge in [-0.2, -0.15) is 0 Å². The van der Waals surface area contributed by atoms with Crippen LogP contribution in [0.2, 0.25) is 5.02 Å². The van der Waals surface area contributed by atoms with Crippen LogP contribution in [0.5, 0.6) is 11.5 Å². The zero-order valence-corrected chi connectivity index (χ0v) is 13.8. The Hall–Kier alpha value is -1.17. The van der Waals surface area contributed by atoms with Crippen molar-refractivity contribution in [3.05, 3.63) is 51.5 Å². The topological polar surface area (TPSA) is 59.1 Å². The average molecular weight is 372 g/mol. The summed E-state index contributed by atoms with van der Waals surface area (Å²) in [6.07, 6.45) is 1.93. The molecule has 0 aromatic heterocycles. The molecule has 6 heteroatoms. The van der Waals surface area contributed by atoms with E-state index in [0.29, 0.717) is 22.1 Å². The van der Waals surface area contributed by atoms with Crippen LogP contribution in [-0.2, 0) is 0 Å². The Morgan fingerprint density at radius 2 is 2.05 bits per heavy atom. The molecule has 0 aliphatic heterocycles. The molecule has 20 heavy (non-hydrogen) atoms. The fraction of sp³-hybridized carbons (Fsp3) is 0.0714. The summed E-state index contributed by atoms with van der Waals surface area (Å²) in [7, 11) is 0. The second kappa shape index (κ2) is 6.52. The highest BCUT2D eigenvalue weighted by Crippen LogP contribution is 2.35. The summed E-state index contributed by atoms with van der Waals surface area (Å²) in [4.78, 5) is 0.892. The molecular weight excluding hydrogens is 360 g/mol. The van der Waals surface area contributed by atoms with Crippen molar-refractivity contribution in [2.24, 2.45) is 5.73 Å². The summed E-state index contributed by atoms with van der Waals surface area (Å²) in [5.74, 6) is 1.02. The van der Waals surface area contributed by atoms with E-state index in [9.17, 15) is 0 Å². The van der Waals surface area contributed by atoms with Crippen LogP contribution in [0.15, 0.2) is 45.8 Å². The molecule has 2 aromatic rings. The highest BCUT2D eigenvalue weighted by atomic mass is 79.9. The molecule has 0 spiro atoms. The van der Waals surface area contributed by atoms with Crippen LogP contribution < -0.4 is 10.5 Å². The second-order valence-electron chi connectivity index (χ2n) is 3.92. The molecular formula is C14H12BrClN2OS. The summed E-state index contributed by atoms with van der Waals surface area (Å²) in [6, 6.07) is 10.9. The fourth-order valence-electron chi connectivity index (χ4n) is 1.71. The average Bonchev–Trinajstić information content (AvgIpc) is 2.41. The van der Waals surface area contributed by atoms with Gasteiger partial charge in [0.25, 0.3) is 0 Å². The maximum absolute atomic E-state index is 7.72. The molecule has 0 saturated carbocycles. The molecule has 0 bridgehead atoms. The van der Waals surface area contributed by atoms with Gasteiger partial charge in [-0.25, -0.2) is 0 Å². The molecule has 0 aliphatic carbocycles. The Morgan fingerprint density at radius 1 is 1.30 bits per heavy atom. The number of hydrogen-bond acceptors (Lipinski definition) is 3. The predicted molar refractivity (Wildman–Crippen MR) is 88.5 cm³/mol. The van der Waals surface area contributed by atoms with Gasteiger partial charge >= 0.3 is 0 Å². The third kappa shape index (κ3) is 3.29. The Kier molecular flexibility index (Phi) is 4.96. The quantitative estimate of drug-likeness (QED) is 0.456. The smallest absolute Gasteiger partial charge is 0.146 e. The maximum Gasteiger partial charge on any atom is 0.146 e. The van der Waals surface area contributed by atoms with Crippen LogP contribution in [0.4, 0.5) is 0 Å². The molecule has 3 N–H and O–H groups in total. The van der Waals surface area contributed by atoms with E-state index in [1.807, 2.05) is 24.5 Å². The number of thioether (sulfide) groups is 1. The first kappa shape index (κ1) is 15.2. The first-order valence-corrected chi connectivity index (χ1v) is 8.07. The van der Waals surface area contributed by atoms with Crippen molar-refractivity contribution < 1.29 is 4.74 Å². The lowest BCUT2D eigenvalue weighted by atomic mass is 10.2. The highest BCUT2D eigenvalue weighted by Gasteiger charge is 2.14. The molecule has 0 saturated heterocycles. The van der Waals surface area contributed by atoms with Gasteiger partial charge in [0.15, 0.2) is 0 Å². The molecule has 0 amide bonds. The van der Waals surface area contributed by atoms with E-state index in [2.05, 4.69) is 15.9 Å². The number of nitrogens with two attached hydrogens (primary N) is 1. The zero-order chi connectivity index (χ0) is 14.7. The minimum absolute atomic E-state index is 0.0295. The third-order valence-electron chi connectivity index (χ3n) is 2.59. The summed E-state index contributed by atoms with van der Waals surface area (Å²) < 4.78 is 6.69. The summed E-state index contributed by atoms with van der Waals surface area (Å²) in [5.41, 5.74) is 6.24. The molecule has 0 unspecified atom stereocenters. The van der Waals surface area contributed by atoms with E-state index >= 15 is 0 Å². The van der Waals surface area contributed by atoms with Gasteiger partial charge in [-0.3, -0.25) is 5.41 Å². The molecule has 0 heterocycles. The number of rotatable bonds is 4. The Morgan fingerprint density at radius 3 is 2.65 bits per heavy atom. The Balaban J connectivity index is 2.45. The van der Waals surface area contributed by atoms with Crippen molar-refractivity contribution in [3.63, 3.8) is 0 Å². The van der Waals surface area contributed by atoms with Gasteiger partial charge in [0.1, 0.15) is 17.3 Å². The highest BCUT2D eigenvalue weighted by molar-refractivity contribution is 9.10. The molecule has 0 fully saturated rings. The molecule has 104 valence electrons. The minimum Gasteiger partial charge on any atom is -0.455 e. The van der Waals surface area contributed by atoms with E-state index < -0.39 is 0 Å². The van der Waals surface area contributed by atoms with Crippen molar-refractivity contribution in [1.29, 1.82) is 5.41 Å². The van der Waals surface area contributed by atoms with E-state index in [1.165, 1.54) is 11.8 Å². The van der Waals surface area contributed by atoms with Gasteiger partial charge in [0, 0.05) is 9.37 Å². The lowest BCUT2D eigenvalue weighted by Crippen LogP contribution is -2.13. The fourth-order valence-corrected chi connectivity index (χ4v) is 3.05.